The lowest BCUT2D eigenvalue weighted by Crippen LogP contribution is -2.25. The van der Waals surface area contributed by atoms with Crippen LogP contribution < -0.4 is 0 Å². The number of hydrogen-bond donors (Lipinski definition) is 1. The van der Waals surface area contributed by atoms with Crippen LogP contribution in [0.25, 0.3) is 0 Å². The third-order valence-corrected chi connectivity index (χ3v) is 3.12. The number of non-ortho nitro benzene ring substituents is 1. The van der Waals surface area contributed by atoms with Crippen LogP contribution in [0, 0.1) is 16.0 Å². The summed E-state index contributed by atoms with van der Waals surface area (Å²) in [5, 5.41) is 19.4. The molecule has 0 spiro atoms. The maximum absolute atomic E-state index is 12.0. The van der Waals surface area contributed by atoms with Crippen molar-refractivity contribution in [3.63, 3.8) is 0 Å². The second-order valence-corrected chi connectivity index (χ2v) is 4.30. The van der Waals surface area contributed by atoms with E-state index < -0.39 is 16.8 Å². The van der Waals surface area contributed by atoms with Crippen molar-refractivity contribution in [1.29, 1.82) is 0 Å². The standard InChI is InChI=1S/C12H11NO5/c14-11(15)5-8-2-1-7-3-4-9(13(17)18)6-10(7)12(8)16/h3-4,6,8H,1-2,5H2,(H,14,15). The molecule has 1 atom stereocenters. The minimum atomic E-state index is -1.03. The summed E-state index contributed by atoms with van der Waals surface area (Å²) in [4.78, 5) is 32.8. The predicted molar refractivity (Wildman–Crippen MR) is 61.5 cm³/mol. The minimum Gasteiger partial charge on any atom is -0.481 e. The molecule has 0 aliphatic heterocycles. The molecule has 94 valence electrons. The van der Waals surface area contributed by atoms with E-state index in [0.29, 0.717) is 18.4 Å². The molecule has 1 aliphatic carbocycles. The monoisotopic (exact) mass is 249 g/mol. The molecule has 0 fully saturated rings. The van der Waals surface area contributed by atoms with Crippen LogP contribution in [0.15, 0.2) is 18.2 Å². The van der Waals surface area contributed by atoms with Crippen molar-refractivity contribution in [2.75, 3.05) is 0 Å². The first-order valence-electron chi connectivity index (χ1n) is 5.52. The van der Waals surface area contributed by atoms with Crippen LogP contribution in [0.1, 0.15) is 28.8 Å². The summed E-state index contributed by atoms with van der Waals surface area (Å²) in [6.07, 6.45) is 0.841. The molecule has 18 heavy (non-hydrogen) atoms. The molecule has 6 heteroatoms. The molecule has 0 bridgehead atoms. The molecule has 1 aromatic rings. The van der Waals surface area contributed by atoms with Crippen LogP contribution in [0.2, 0.25) is 0 Å². The fraction of sp³-hybridized carbons (Fsp3) is 0.333. The summed E-state index contributed by atoms with van der Waals surface area (Å²) in [5.74, 6) is -1.90. The number of benzene rings is 1. The third-order valence-electron chi connectivity index (χ3n) is 3.12. The van der Waals surface area contributed by atoms with Gasteiger partial charge in [-0.2, -0.15) is 0 Å². The molecule has 0 heterocycles. The van der Waals surface area contributed by atoms with Gasteiger partial charge in [-0.15, -0.1) is 0 Å². The predicted octanol–water partition coefficient (Wildman–Crippen LogP) is 1.81. The Labute approximate surface area is 102 Å². The van der Waals surface area contributed by atoms with Crippen LogP contribution in [0.5, 0.6) is 0 Å². The number of rotatable bonds is 3. The molecular weight excluding hydrogens is 238 g/mol. The molecule has 1 aliphatic rings. The van der Waals surface area contributed by atoms with E-state index in [9.17, 15) is 19.7 Å². The maximum Gasteiger partial charge on any atom is 0.304 e. The van der Waals surface area contributed by atoms with E-state index in [4.69, 9.17) is 5.11 Å². The van der Waals surface area contributed by atoms with Gasteiger partial charge in [-0.05, 0) is 18.4 Å². The average molecular weight is 249 g/mol. The Hall–Kier alpha value is -2.24. The molecule has 6 nitrogen and oxygen atoms in total. The fourth-order valence-corrected chi connectivity index (χ4v) is 2.21. The van der Waals surface area contributed by atoms with Crippen molar-refractivity contribution >= 4 is 17.4 Å². The number of carbonyl (C=O) groups excluding carboxylic acids is 1. The number of Topliss-reactive ketones (excluding diaryl/α,β-unsaturated/α-hetero) is 1. The van der Waals surface area contributed by atoms with Gasteiger partial charge in [-0.1, -0.05) is 6.07 Å². The number of aryl methyl sites for hydroxylation is 1. The number of nitrogens with zero attached hydrogens (tertiary/aromatic N) is 1. The number of nitro groups is 1. The summed E-state index contributed by atoms with van der Waals surface area (Å²) in [6.45, 7) is 0. The van der Waals surface area contributed by atoms with Crippen molar-refractivity contribution < 1.29 is 19.6 Å². The number of carboxylic acids is 1. The van der Waals surface area contributed by atoms with E-state index in [-0.39, 0.29) is 17.9 Å². The molecule has 1 unspecified atom stereocenters. The van der Waals surface area contributed by atoms with Crippen LogP contribution in [0.4, 0.5) is 5.69 Å². The van der Waals surface area contributed by atoms with Crippen LogP contribution >= 0.6 is 0 Å². The van der Waals surface area contributed by atoms with E-state index in [1.807, 2.05) is 0 Å². The van der Waals surface area contributed by atoms with Gasteiger partial charge in [0.2, 0.25) is 0 Å². The molecule has 0 aromatic heterocycles. The number of hydrogen-bond acceptors (Lipinski definition) is 4. The Kier molecular flexibility index (Phi) is 3.10. The van der Waals surface area contributed by atoms with E-state index >= 15 is 0 Å². The highest BCUT2D eigenvalue weighted by Gasteiger charge is 2.30. The number of ketones is 1. The van der Waals surface area contributed by atoms with E-state index in [2.05, 4.69) is 0 Å². The second kappa shape index (κ2) is 4.56. The van der Waals surface area contributed by atoms with Gasteiger partial charge in [0.15, 0.2) is 5.78 Å². The topological polar surface area (TPSA) is 97.5 Å². The molecule has 0 amide bonds. The van der Waals surface area contributed by atoms with Crippen molar-refractivity contribution in [2.45, 2.75) is 19.3 Å². The van der Waals surface area contributed by atoms with Gasteiger partial charge in [0.05, 0.1) is 11.3 Å². The zero-order valence-corrected chi connectivity index (χ0v) is 9.46. The molecule has 1 N–H and O–H groups in total. The molecule has 0 saturated carbocycles. The lowest BCUT2D eigenvalue weighted by molar-refractivity contribution is -0.384. The van der Waals surface area contributed by atoms with Gasteiger partial charge < -0.3 is 5.11 Å². The normalized spacial score (nSPS) is 18.2. The second-order valence-electron chi connectivity index (χ2n) is 4.30. The van der Waals surface area contributed by atoms with Crippen molar-refractivity contribution in [3.8, 4) is 0 Å². The van der Waals surface area contributed by atoms with Crippen LogP contribution in [-0.4, -0.2) is 21.8 Å². The zero-order valence-electron chi connectivity index (χ0n) is 9.46. The molecule has 0 radical (unpaired) electrons. The van der Waals surface area contributed by atoms with Crippen LogP contribution in [0.3, 0.4) is 0 Å². The van der Waals surface area contributed by atoms with Crippen molar-refractivity contribution in [3.05, 3.63) is 39.4 Å². The fourth-order valence-electron chi connectivity index (χ4n) is 2.21. The van der Waals surface area contributed by atoms with E-state index in [1.165, 1.54) is 12.1 Å². The molecular formula is C12H11NO5. The quantitative estimate of drug-likeness (QED) is 0.650. The average Bonchev–Trinajstić information content (AvgIpc) is 2.32. The Bertz CT molecular complexity index is 537. The Morgan fingerprint density at radius 3 is 2.83 bits per heavy atom. The molecule has 2 rings (SSSR count). The summed E-state index contributed by atoms with van der Waals surface area (Å²) >= 11 is 0. The highest BCUT2D eigenvalue weighted by Crippen LogP contribution is 2.30. The largest absolute Gasteiger partial charge is 0.481 e. The van der Waals surface area contributed by atoms with Gasteiger partial charge in [-0.3, -0.25) is 19.7 Å². The highest BCUT2D eigenvalue weighted by molar-refractivity contribution is 6.02. The van der Waals surface area contributed by atoms with Gasteiger partial charge in [0.1, 0.15) is 0 Å². The Morgan fingerprint density at radius 2 is 2.22 bits per heavy atom. The number of nitro benzene ring substituents is 1. The third kappa shape index (κ3) is 2.22. The lowest BCUT2D eigenvalue weighted by atomic mass is 9.81. The maximum atomic E-state index is 12.0. The van der Waals surface area contributed by atoms with Crippen LogP contribution in [-0.2, 0) is 11.2 Å². The van der Waals surface area contributed by atoms with E-state index in [1.54, 1.807) is 6.07 Å². The molecule has 0 saturated heterocycles. The van der Waals surface area contributed by atoms with Gasteiger partial charge in [0.25, 0.3) is 5.69 Å². The number of fused-ring (bicyclic) bond motifs is 1. The summed E-state index contributed by atoms with van der Waals surface area (Å²) < 4.78 is 0. The van der Waals surface area contributed by atoms with E-state index in [0.717, 1.165) is 5.56 Å². The SMILES string of the molecule is O=C(O)CC1CCc2ccc([N+](=O)[O-])cc2C1=O. The smallest absolute Gasteiger partial charge is 0.304 e. The first kappa shape index (κ1) is 12.2. The first-order chi connectivity index (χ1) is 8.49. The summed E-state index contributed by atoms with van der Waals surface area (Å²) in [6, 6.07) is 4.18. The lowest BCUT2D eigenvalue weighted by Gasteiger charge is -2.21. The summed E-state index contributed by atoms with van der Waals surface area (Å²) in [7, 11) is 0. The first-order valence-corrected chi connectivity index (χ1v) is 5.52. The zero-order chi connectivity index (χ0) is 13.3. The van der Waals surface area contributed by atoms with Crippen molar-refractivity contribution in [2.24, 2.45) is 5.92 Å². The number of carboxylic acid groups (broad SMARTS) is 1. The number of carbonyl (C=O) groups is 2. The number of aliphatic carboxylic acids is 1. The van der Waals surface area contributed by atoms with Gasteiger partial charge >= 0.3 is 5.97 Å². The van der Waals surface area contributed by atoms with Gasteiger partial charge in [0, 0.05) is 23.6 Å². The van der Waals surface area contributed by atoms with Gasteiger partial charge in [-0.25, -0.2) is 0 Å². The molecule has 1 aromatic carbocycles. The Balaban J connectivity index is 2.35. The highest BCUT2D eigenvalue weighted by atomic mass is 16.6. The summed E-state index contributed by atoms with van der Waals surface area (Å²) in [5.41, 5.74) is 0.909. The Morgan fingerprint density at radius 1 is 1.50 bits per heavy atom. The van der Waals surface area contributed by atoms with Crippen molar-refractivity contribution in [1.82, 2.24) is 0 Å². The minimum absolute atomic E-state index is 0.141.